The Bertz CT molecular complexity index is 439. The molecule has 0 radical (unpaired) electrons. The molecule has 0 heterocycles. The van der Waals surface area contributed by atoms with Crippen LogP contribution < -0.4 is 0 Å². The molecule has 0 aliphatic heterocycles. The van der Waals surface area contributed by atoms with Crippen LogP contribution in [0.5, 0.6) is 0 Å². The van der Waals surface area contributed by atoms with Crippen LogP contribution in [-0.2, 0) is 0 Å². The predicted molar refractivity (Wildman–Crippen MR) is 65.1 cm³/mol. The molecule has 0 aromatic carbocycles. The fourth-order valence-electron chi connectivity index (χ4n) is 6.96. The number of hydrogen-bond donors (Lipinski definition) is 0. The van der Waals surface area contributed by atoms with Crippen molar-refractivity contribution >= 4 is 31.9 Å². The molecule has 6 rings (SSSR count). The summed E-state index contributed by atoms with van der Waals surface area (Å²) in [5.74, 6) is 0. The summed E-state index contributed by atoms with van der Waals surface area (Å²) in [7, 11) is 0. The first-order chi connectivity index (χ1) is 7.04. The highest BCUT2D eigenvalue weighted by Gasteiger charge is 3.13. The lowest BCUT2D eigenvalue weighted by atomic mass is 10.1. The normalized spacial score (nSPS) is 62.8. The maximum atomic E-state index is 3.90. The maximum absolute atomic E-state index is 3.90. The van der Waals surface area contributed by atoms with Crippen molar-refractivity contribution in [1.29, 1.82) is 0 Å². The van der Waals surface area contributed by atoms with Gasteiger partial charge >= 0.3 is 0 Å². The quantitative estimate of drug-likeness (QED) is 0.584. The van der Waals surface area contributed by atoms with Gasteiger partial charge in [-0.1, -0.05) is 31.9 Å². The molecule has 6 aliphatic rings. The van der Waals surface area contributed by atoms with Gasteiger partial charge in [0.2, 0.25) is 0 Å². The zero-order chi connectivity index (χ0) is 9.95. The van der Waals surface area contributed by atoms with Crippen LogP contribution in [0.1, 0.15) is 44.9 Å². The summed E-state index contributed by atoms with van der Waals surface area (Å²) < 4.78 is 0.366. The molecule has 15 heavy (non-hydrogen) atoms. The average molecular weight is 330 g/mol. The molecule has 0 bridgehead atoms. The van der Waals surface area contributed by atoms with E-state index in [0.29, 0.717) is 3.23 Å². The molecule has 80 valence electrons. The summed E-state index contributed by atoms with van der Waals surface area (Å²) in [5, 5.41) is 0. The van der Waals surface area contributed by atoms with Gasteiger partial charge in [-0.15, -0.1) is 0 Å². The minimum Gasteiger partial charge on any atom is -0.0721 e. The number of halogens is 2. The van der Waals surface area contributed by atoms with Gasteiger partial charge < -0.3 is 0 Å². The molecule has 2 atom stereocenters. The number of hydrogen-bond acceptors (Lipinski definition) is 0. The molecule has 6 saturated carbocycles. The minimum atomic E-state index is 0.366. The third-order valence-corrected chi connectivity index (χ3v) is 9.82. The molecule has 5 spiro atoms. The molecule has 0 saturated heterocycles. The molecular formula is C13H14Br2. The van der Waals surface area contributed by atoms with Gasteiger partial charge in [0.25, 0.3) is 0 Å². The van der Waals surface area contributed by atoms with Gasteiger partial charge in [-0.05, 0) is 66.6 Å². The summed E-state index contributed by atoms with van der Waals surface area (Å²) in [4.78, 5) is 0. The standard InChI is InChI=1S/C13H14Br2/c14-13(15)7-11(13)5-10(11)6-12(10)8(1-2-8)9(12)3-4-9/h1-7H2/t10-,11-/m0/s1. The van der Waals surface area contributed by atoms with E-state index in [1.54, 1.807) is 38.5 Å². The van der Waals surface area contributed by atoms with E-state index >= 15 is 0 Å². The summed E-state index contributed by atoms with van der Waals surface area (Å²) in [6.07, 6.45) is 11.0. The van der Waals surface area contributed by atoms with Crippen LogP contribution in [0.4, 0.5) is 0 Å². The number of fused-ring (bicyclic) bond motifs is 5. The van der Waals surface area contributed by atoms with E-state index in [-0.39, 0.29) is 0 Å². The van der Waals surface area contributed by atoms with E-state index in [4.69, 9.17) is 0 Å². The third kappa shape index (κ3) is 0.447. The second-order valence-corrected chi connectivity index (χ2v) is 11.2. The van der Waals surface area contributed by atoms with Gasteiger partial charge in [-0.25, -0.2) is 0 Å². The Morgan fingerprint density at radius 2 is 1.13 bits per heavy atom. The van der Waals surface area contributed by atoms with Gasteiger partial charge in [-0.3, -0.25) is 0 Å². The van der Waals surface area contributed by atoms with Crippen LogP contribution in [0.15, 0.2) is 0 Å². The van der Waals surface area contributed by atoms with Gasteiger partial charge in [0.05, 0.1) is 3.23 Å². The van der Waals surface area contributed by atoms with Crippen molar-refractivity contribution in [3.8, 4) is 0 Å². The Morgan fingerprint density at radius 1 is 0.600 bits per heavy atom. The van der Waals surface area contributed by atoms with E-state index in [9.17, 15) is 0 Å². The zero-order valence-corrected chi connectivity index (χ0v) is 11.9. The SMILES string of the molecule is BrC1(Br)C[C@]12C[C@]21CC12C1(CC1)C21CC1. The van der Waals surface area contributed by atoms with Crippen molar-refractivity contribution in [3.63, 3.8) is 0 Å². The highest BCUT2D eigenvalue weighted by molar-refractivity contribution is 9.25. The first kappa shape index (κ1) is 8.13. The van der Waals surface area contributed by atoms with Crippen LogP contribution in [0.3, 0.4) is 0 Å². The molecule has 0 nitrogen and oxygen atoms in total. The van der Waals surface area contributed by atoms with Crippen molar-refractivity contribution in [2.24, 2.45) is 27.1 Å². The van der Waals surface area contributed by atoms with Gasteiger partial charge in [0.1, 0.15) is 0 Å². The van der Waals surface area contributed by atoms with Crippen LogP contribution in [-0.4, -0.2) is 3.23 Å². The average Bonchev–Trinajstić information content (AvgIpc) is 2.94. The second-order valence-electron chi connectivity index (χ2n) is 7.47. The van der Waals surface area contributed by atoms with Crippen molar-refractivity contribution in [2.45, 2.75) is 48.2 Å². The van der Waals surface area contributed by atoms with Gasteiger partial charge in [0, 0.05) is 5.41 Å². The van der Waals surface area contributed by atoms with Crippen molar-refractivity contribution < 1.29 is 0 Å². The maximum Gasteiger partial charge on any atom is 0.0874 e. The predicted octanol–water partition coefficient (Wildman–Crippen LogP) is 4.22. The smallest absolute Gasteiger partial charge is 0.0721 e. The topological polar surface area (TPSA) is 0 Å². The van der Waals surface area contributed by atoms with E-state index in [0.717, 1.165) is 27.1 Å². The lowest BCUT2D eigenvalue weighted by molar-refractivity contribution is 0.552. The Hall–Kier alpha value is 0.960. The number of alkyl halides is 2. The second kappa shape index (κ2) is 1.51. The van der Waals surface area contributed by atoms with Gasteiger partial charge in [-0.2, -0.15) is 0 Å². The van der Waals surface area contributed by atoms with Crippen LogP contribution in [0.2, 0.25) is 0 Å². The molecular weight excluding hydrogens is 316 g/mol. The number of rotatable bonds is 0. The fraction of sp³-hybridized carbons (Fsp3) is 1.00. The molecule has 0 aromatic rings. The molecule has 0 amide bonds. The molecule has 0 aromatic heterocycles. The highest BCUT2D eigenvalue weighted by atomic mass is 79.9. The van der Waals surface area contributed by atoms with Crippen LogP contribution >= 0.6 is 31.9 Å². The first-order valence-electron chi connectivity index (χ1n) is 6.41. The van der Waals surface area contributed by atoms with Gasteiger partial charge in [0.15, 0.2) is 0 Å². The first-order valence-corrected chi connectivity index (χ1v) is 8.00. The Kier molecular flexibility index (Phi) is 0.818. The van der Waals surface area contributed by atoms with E-state index in [1.807, 2.05) is 0 Å². The molecule has 2 heteroatoms. The highest BCUT2D eigenvalue weighted by Crippen LogP contribution is 3.19. The van der Waals surface area contributed by atoms with Crippen LogP contribution in [0, 0.1) is 27.1 Å². The summed E-state index contributed by atoms with van der Waals surface area (Å²) in [6, 6.07) is 0. The summed E-state index contributed by atoms with van der Waals surface area (Å²) >= 11 is 7.80. The monoisotopic (exact) mass is 328 g/mol. The van der Waals surface area contributed by atoms with E-state index < -0.39 is 0 Å². The molecule has 0 N–H and O–H groups in total. The molecule has 0 unspecified atom stereocenters. The van der Waals surface area contributed by atoms with Crippen molar-refractivity contribution in [1.82, 2.24) is 0 Å². The third-order valence-electron chi connectivity index (χ3n) is 7.74. The lowest BCUT2D eigenvalue weighted by Crippen LogP contribution is -1.95. The Balaban J connectivity index is 1.50. The molecule has 6 aliphatic carbocycles. The minimum absolute atomic E-state index is 0.366. The van der Waals surface area contributed by atoms with E-state index in [1.165, 1.54) is 6.42 Å². The fourth-order valence-corrected chi connectivity index (χ4v) is 8.96. The summed E-state index contributed by atoms with van der Waals surface area (Å²) in [5.41, 5.74) is 4.35. The van der Waals surface area contributed by atoms with Crippen LogP contribution in [0.25, 0.3) is 0 Å². The zero-order valence-electron chi connectivity index (χ0n) is 8.71. The largest absolute Gasteiger partial charge is 0.0874 e. The lowest BCUT2D eigenvalue weighted by Gasteiger charge is -1.97. The Labute approximate surface area is 107 Å². The Morgan fingerprint density at radius 3 is 1.47 bits per heavy atom. The van der Waals surface area contributed by atoms with E-state index in [2.05, 4.69) is 31.9 Å². The molecule has 6 fully saturated rings. The van der Waals surface area contributed by atoms with Crippen molar-refractivity contribution in [3.05, 3.63) is 0 Å². The van der Waals surface area contributed by atoms with Crippen molar-refractivity contribution in [2.75, 3.05) is 0 Å². The summed E-state index contributed by atoms with van der Waals surface area (Å²) in [6.45, 7) is 0.